The molecule has 0 aliphatic heterocycles. The van der Waals surface area contributed by atoms with Gasteiger partial charge in [-0.1, -0.05) is 6.92 Å². The Balaban J connectivity index is 4.24. The van der Waals surface area contributed by atoms with Gasteiger partial charge in [0, 0.05) is 31.8 Å². The molecule has 0 spiro atoms. The number of rotatable bonds is 9. The van der Waals surface area contributed by atoms with Crippen molar-refractivity contribution in [1.82, 2.24) is 10.2 Å². The molecule has 0 aromatic heterocycles. The number of ether oxygens (including phenoxy) is 1. The Hall–Kier alpha value is -0.120. The van der Waals surface area contributed by atoms with Gasteiger partial charge in [0.15, 0.2) is 0 Å². The van der Waals surface area contributed by atoms with Crippen LogP contribution in [-0.2, 0) is 4.74 Å². The standard InChI is InChI=1S/C13H30N2O/c1-7-12(3)15(8-9-16-6)13(4)10-11(2)14-5/h11-14H,7-10H2,1-6H3. The van der Waals surface area contributed by atoms with Crippen molar-refractivity contribution in [3.63, 3.8) is 0 Å². The van der Waals surface area contributed by atoms with Gasteiger partial charge >= 0.3 is 0 Å². The average Bonchev–Trinajstić information content (AvgIpc) is 2.28. The first-order valence-corrected chi connectivity index (χ1v) is 6.48. The van der Waals surface area contributed by atoms with Gasteiger partial charge in [-0.15, -0.1) is 0 Å². The molecule has 3 nitrogen and oxygen atoms in total. The van der Waals surface area contributed by atoms with E-state index in [1.807, 2.05) is 7.05 Å². The van der Waals surface area contributed by atoms with E-state index >= 15 is 0 Å². The Bertz CT molecular complexity index is 164. The molecule has 0 aromatic rings. The molecule has 0 fully saturated rings. The summed E-state index contributed by atoms with van der Waals surface area (Å²) in [6, 6.07) is 1.81. The molecule has 98 valence electrons. The van der Waals surface area contributed by atoms with Crippen LogP contribution in [0.5, 0.6) is 0 Å². The number of hydrogen-bond acceptors (Lipinski definition) is 3. The van der Waals surface area contributed by atoms with Crippen molar-refractivity contribution < 1.29 is 4.74 Å². The van der Waals surface area contributed by atoms with E-state index in [1.165, 1.54) is 12.8 Å². The Kier molecular flexibility index (Phi) is 8.90. The molecule has 0 amide bonds. The van der Waals surface area contributed by atoms with Crippen molar-refractivity contribution in [2.45, 2.75) is 58.7 Å². The quantitative estimate of drug-likeness (QED) is 0.656. The van der Waals surface area contributed by atoms with Crippen LogP contribution in [0.1, 0.15) is 40.5 Å². The van der Waals surface area contributed by atoms with E-state index in [1.54, 1.807) is 7.11 Å². The van der Waals surface area contributed by atoms with Gasteiger partial charge in [-0.25, -0.2) is 0 Å². The molecule has 0 aliphatic rings. The molecular formula is C13H30N2O. The number of hydrogen-bond donors (Lipinski definition) is 1. The maximum atomic E-state index is 5.19. The highest BCUT2D eigenvalue weighted by atomic mass is 16.5. The zero-order chi connectivity index (χ0) is 12.6. The van der Waals surface area contributed by atoms with Crippen LogP contribution < -0.4 is 5.32 Å². The lowest BCUT2D eigenvalue weighted by Gasteiger charge is -2.35. The molecule has 0 bridgehead atoms. The molecule has 0 heterocycles. The molecular weight excluding hydrogens is 200 g/mol. The van der Waals surface area contributed by atoms with Crippen LogP contribution in [0.4, 0.5) is 0 Å². The van der Waals surface area contributed by atoms with Crippen LogP contribution in [0, 0.1) is 0 Å². The molecule has 0 aromatic carbocycles. The van der Waals surface area contributed by atoms with E-state index in [-0.39, 0.29) is 0 Å². The molecule has 16 heavy (non-hydrogen) atoms. The third-order valence-electron chi connectivity index (χ3n) is 3.46. The van der Waals surface area contributed by atoms with Crippen LogP contribution >= 0.6 is 0 Å². The fourth-order valence-corrected chi connectivity index (χ4v) is 2.07. The summed E-state index contributed by atoms with van der Waals surface area (Å²) in [7, 11) is 3.80. The summed E-state index contributed by atoms with van der Waals surface area (Å²) < 4.78 is 5.19. The first-order valence-electron chi connectivity index (χ1n) is 6.48. The molecule has 0 saturated heterocycles. The fraction of sp³-hybridized carbons (Fsp3) is 1.00. The summed E-state index contributed by atoms with van der Waals surface area (Å²) in [5, 5.41) is 3.31. The number of nitrogens with zero attached hydrogens (tertiary/aromatic N) is 1. The zero-order valence-corrected chi connectivity index (χ0v) is 11.9. The van der Waals surface area contributed by atoms with Crippen LogP contribution in [0.25, 0.3) is 0 Å². The predicted octanol–water partition coefficient (Wildman–Crippen LogP) is 2.12. The minimum absolute atomic E-state index is 0.573. The van der Waals surface area contributed by atoms with Crippen LogP contribution in [0.3, 0.4) is 0 Å². The maximum Gasteiger partial charge on any atom is 0.0589 e. The fourth-order valence-electron chi connectivity index (χ4n) is 2.07. The molecule has 0 rings (SSSR count). The van der Waals surface area contributed by atoms with Gasteiger partial charge in [-0.3, -0.25) is 4.90 Å². The van der Waals surface area contributed by atoms with Crippen LogP contribution in [0.2, 0.25) is 0 Å². The second kappa shape index (κ2) is 8.97. The van der Waals surface area contributed by atoms with E-state index in [9.17, 15) is 0 Å². The van der Waals surface area contributed by atoms with E-state index in [4.69, 9.17) is 4.74 Å². The highest BCUT2D eigenvalue weighted by Gasteiger charge is 2.19. The van der Waals surface area contributed by atoms with Gasteiger partial charge in [-0.05, 0) is 40.7 Å². The van der Waals surface area contributed by atoms with Gasteiger partial charge in [0.2, 0.25) is 0 Å². The number of nitrogens with one attached hydrogen (secondary N) is 1. The van der Waals surface area contributed by atoms with Gasteiger partial charge in [0.05, 0.1) is 6.61 Å². The molecule has 3 atom stereocenters. The normalized spacial score (nSPS) is 17.4. The summed E-state index contributed by atoms with van der Waals surface area (Å²) >= 11 is 0. The van der Waals surface area contributed by atoms with Gasteiger partial charge < -0.3 is 10.1 Å². The summed E-state index contributed by atoms with van der Waals surface area (Å²) in [4.78, 5) is 2.55. The maximum absolute atomic E-state index is 5.19. The third kappa shape index (κ3) is 5.83. The summed E-state index contributed by atoms with van der Waals surface area (Å²) in [5.74, 6) is 0. The van der Waals surface area contributed by atoms with Crippen molar-refractivity contribution in [3.8, 4) is 0 Å². The van der Waals surface area contributed by atoms with E-state index < -0.39 is 0 Å². The summed E-state index contributed by atoms with van der Waals surface area (Å²) in [6.07, 6.45) is 2.38. The highest BCUT2D eigenvalue weighted by molar-refractivity contribution is 4.76. The molecule has 3 heteroatoms. The van der Waals surface area contributed by atoms with Crippen molar-refractivity contribution >= 4 is 0 Å². The second-order valence-electron chi connectivity index (χ2n) is 4.76. The summed E-state index contributed by atoms with van der Waals surface area (Å²) in [6.45, 7) is 11.0. The van der Waals surface area contributed by atoms with Crippen molar-refractivity contribution in [2.24, 2.45) is 0 Å². The predicted molar refractivity (Wildman–Crippen MR) is 70.9 cm³/mol. The lowest BCUT2D eigenvalue weighted by Crippen LogP contribution is -2.44. The van der Waals surface area contributed by atoms with Crippen molar-refractivity contribution in [3.05, 3.63) is 0 Å². The van der Waals surface area contributed by atoms with E-state index in [0.29, 0.717) is 18.1 Å². The SMILES string of the molecule is CCC(C)N(CCOC)C(C)CC(C)NC. The average molecular weight is 230 g/mol. The molecule has 0 aliphatic carbocycles. The first kappa shape index (κ1) is 15.9. The topological polar surface area (TPSA) is 24.5 Å². The Morgan fingerprint density at radius 3 is 2.25 bits per heavy atom. The smallest absolute Gasteiger partial charge is 0.0589 e. The van der Waals surface area contributed by atoms with Crippen LogP contribution in [0.15, 0.2) is 0 Å². The minimum Gasteiger partial charge on any atom is -0.383 e. The van der Waals surface area contributed by atoms with E-state index in [0.717, 1.165) is 13.2 Å². The summed E-state index contributed by atoms with van der Waals surface area (Å²) in [5.41, 5.74) is 0. The lowest BCUT2D eigenvalue weighted by atomic mass is 10.1. The van der Waals surface area contributed by atoms with Crippen molar-refractivity contribution in [2.75, 3.05) is 27.3 Å². The molecule has 0 saturated carbocycles. The van der Waals surface area contributed by atoms with Gasteiger partial charge in [0.1, 0.15) is 0 Å². The van der Waals surface area contributed by atoms with Gasteiger partial charge in [0.25, 0.3) is 0 Å². The van der Waals surface area contributed by atoms with E-state index in [2.05, 4.69) is 37.9 Å². The second-order valence-corrected chi connectivity index (χ2v) is 4.76. The minimum atomic E-state index is 0.573. The first-order chi connectivity index (χ1) is 7.56. The molecule has 1 N–H and O–H groups in total. The van der Waals surface area contributed by atoms with Crippen LogP contribution in [-0.4, -0.2) is 50.3 Å². The highest BCUT2D eigenvalue weighted by Crippen LogP contribution is 2.13. The largest absolute Gasteiger partial charge is 0.383 e. The lowest BCUT2D eigenvalue weighted by molar-refractivity contribution is 0.0874. The Morgan fingerprint density at radius 2 is 1.81 bits per heavy atom. The Labute approximate surface area is 102 Å². The number of methoxy groups -OCH3 is 1. The van der Waals surface area contributed by atoms with Gasteiger partial charge in [-0.2, -0.15) is 0 Å². The molecule has 0 radical (unpaired) electrons. The molecule has 3 unspecified atom stereocenters. The zero-order valence-electron chi connectivity index (χ0n) is 11.9. The Morgan fingerprint density at radius 1 is 1.19 bits per heavy atom. The third-order valence-corrected chi connectivity index (χ3v) is 3.46. The van der Waals surface area contributed by atoms with Crippen molar-refractivity contribution in [1.29, 1.82) is 0 Å². The monoisotopic (exact) mass is 230 g/mol.